The average Bonchev–Trinajstić information content (AvgIpc) is 2.26. The summed E-state index contributed by atoms with van der Waals surface area (Å²) >= 11 is 0. The monoisotopic (exact) mass is 420 g/mol. The minimum absolute atomic E-state index is 0.0801. The Bertz CT molecular complexity index is 472. The molecule has 0 aliphatic rings. The molecule has 0 aliphatic carbocycles. The van der Waals surface area contributed by atoms with Crippen molar-refractivity contribution in [2.24, 2.45) is 0 Å². The molecule has 0 atom stereocenters. The molecule has 0 N–H and O–H groups in total. The highest BCUT2D eigenvalue weighted by atomic mass is 28.4. The second-order valence-corrected chi connectivity index (χ2v) is 30.2. The maximum atomic E-state index is 13.2. The Balaban J connectivity index is 5.42. The lowest BCUT2D eigenvalue weighted by molar-refractivity contribution is -0.140. The summed E-state index contributed by atoms with van der Waals surface area (Å²) in [7, 11) is -7.14. The van der Waals surface area contributed by atoms with Crippen LogP contribution in [0.4, 0.5) is 0 Å². The Kier molecular flexibility index (Phi) is 8.12. The minimum Gasteiger partial charge on any atom is -0.519 e. The molecular formula is C16H40N2O3Si4. The van der Waals surface area contributed by atoms with Crippen LogP contribution in [-0.4, -0.2) is 66.8 Å². The Morgan fingerprint density at radius 2 is 1.08 bits per heavy atom. The number of hydrogen-bond acceptors (Lipinski definition) is 4. The molecule has 0 spiro atoms. The van der Waals surface area contributed by atoms with Crippen molar-refractivity contribution in [3.63, 3.8) is 0 Å². The van der Waals surface area contributed by atoms with Gasteiger partial charge in [0.2, 0.25) is 14.2 Å². The molecule has 1 amide bonds. The summed E-state index contributed by atoms with van der Waals surface area (Å²) in [6, 6.07) is 0. The molecule has 0 radical (unpaired) electrons. The van der Waals surface area contributed by atoms with Crippen LogP contribution >= 0.6 is 0 Å². The summed E-state index contributed by atoms with van der Waals surface area (Å²) in [6.45, 7) is 26.5. The van der Waals surface area contributed by atoms with Gasteiger partial charge in [-0.15, -0.1) is 0 Å². The molecular weight excluding hydrogens is 381 g/mol. The van der Waals surface area contributed by atoms with Gasteiger partial charge < -0.3 is 13.2 Å². The van der Waals surface area contributed by atoms with Crippen LogP contribution in [0.1, 0.15) is 0 Å². The Hall–Kier alpha value is -0.232. The van der Waals surface area contributed by atoms with Crippen LogP contribution in [0.25, 0.3) is 0 Å². The fourth-order valence-electron chi connectivity index (χ4n) is 2.90. The number of amides is 1. The zero-order valence-electron chi connectivity index (χ0n) is 18.5. The topological polar surface area (TPSA) is 49.9 Å². The maximum absolute atomic E-state index is 13.2. The van der Waals surface area contributed by atoms with Gasteiger partial charge in [-0.1, -0.05) is 58.9 Å². The third-order valence-corrected chi connectivity index (χ3v) is 14.2. The summed E-state index contributed by atoms with van der Waals surface area (Å²) in [4.78, 5) is 25.5. The predicted molar refractivity (Wildman–Crippen MR) is 118 cm³/mol. The molecule has 0 saturated heterocycles. The summed E-state index contributed by atoms with van der Waals surface area (Å²) in [5, 5.41) is 0. The van der Waals surface area contributed by atoms with E-state index in [0.29, 0.717) is 6.54 Å². The number of hydrogen-bond donors (Lipinski definition) is 0. The second kappa shape index (κ2) is 8.20. The van der Waals surface area contributed by atoms with E-state index in [1.54, 1.807) is 0 Å². The normalized spacial score (nSPS) is 13.8. The van der Waals surface area contributed by atoms with Gasteiger partial charge in [0.15, 0.2) is 8.24 Å². The number of carbonyl (C=O) groups is 2. The largest absolute Gasteiger partial charge is 0.519 e. The maximum Gasteiger partial charge on any atom is 0.311 e. The molecule has 0 heterocycles. The quantitative estimate of drug-likeness (QED) is 0.557. The summed E-state index contributed by atoms with van der Waals surface area (Å²) < 4.78 is 9.88. The van der Waals surface area contributed by atoms with E-state index in [0.717, 1.165) is 0 Å². The third kappa shape index (κ3) is 9.32. The summed E-state index contributed by atoms with van der Waals surface area (Å²) in [6.07, 6.45) is 0. The van der Waals surface area contributed by atoms with E-state index in [-0.39, 0.29) is 18.4 Å². The van der Waals surface area contributed by atoms with Gasteiger partial charge >= 0.3 is 5.97 Å². The van der Waals surface area contributed by atoms with E-state index in [4.69, 9.17) is 4.43 Å². The highest BCUT2D eigenvalue weighted by Crippen LogP contribution is 2.21. The standard InChI is InChI=1S/C16H40N2O3Si4/c1-22(2,3)17(14-16(20)21-25(10,11)12)15(19)13-18(23(4,5)6)24(7,8)9/h13-14H2,1-12H3. The van der Waals surface area contributed by atoms with Crippen molar-refractivity contribution >= 4 is 44.9 Å². The predicted octanol–water partition coefficient (Wildman–Crippen LogP) is 4.00. The van der Waals surface area contributed by atoms with Crippen LogP contribution in [0.5, 0.6) is 0 Å². The van der Waals surface area contributed by atoms with E-state index >= 15 is 0 Å². The van der Waals surface area contributed by atoms with Crippen LogP contribution in [-0.2, 0) is 14.0 Å². The van der Waals surface area contributed by atoms with Crippen LogP contribution in [0.2, 0.25) is 78.6 Å². The van der Waals surface area contributed by atoms with Gasteiger partial charge in [-0.2, -0.15) is 0 Å². The van der Waals surface area contributed by atoms with Crippen molar-refractivity contribution in [3.05, 3.63) is 0 Å². The van der Waals surface area contributed by atoms with Gasteiger partial charge in [0.05, 0.1) is 6.54 Å². The molecule has 0 unspecified atom stereocenters. The second-order valence-electron chi connectivity index (χ2n) is 10.7. The SMILES string of the molecule is C[Si](C)(C)OC(=O)CN(C(=O)CN([Si](C)(C)C)[Si](C)(C)C)[Si](C)(C)C. The molecule has 5 nitrogen and oxygen atoms in total. The molecule has 9 heteroatoms. The van der Waals surface area contributed by atoms with E-state index < -0.39 is 33.0 Å². The van der Waals surface area contributed by atoms with Crippen molar-refractivity contribution in [2.75, 3.05) is 13.1 Å². The van der Waals surface area contributed by atoms with E-state index in [9.17, 15) is 9.59 Å². The molecule has 0 aromatic rings. The van der Waals surface area contributed by atoms with Crippen molar-refractivity contribution in [3.8, 4) is 0 Å². The first-order valence-electron chi connectivity index (χ1n) is 9.05. The molecule has 0 aromatic heterocycles. The van der Waals surface area contributed by atoms with Crippen molar-refractivity contribution < 1.29 is 14.0 Å². The van der Waals surface area contributed by atoms with Crippen molar-refractivity contribution in [1.82, 2.24) is 8.80 Å². The van der Waals surface area contributed by atoms with Gasteiger partial charge in [-0.25, -0.2) is 0 Å². The molecule has 0 fully saturated rings. The van der Waals surface area contributed by atoms with E-state index in [1.165, 1.54) is 0 Å². The summed E-state index contributed by atoms with van der Waals surface area (Å²) in [5.41, 5.74) is 0. The van der Waals surface area contributed by atoms with Crippen LogP contribution in [0.15, 0.2) is 0 Å². The first kappa shape index (κ1) is 24.8. The molecule has 0 saturated carbocycles. The molecule has 25 heavy (non-hydrogen) atoms. The Labute approximate surface area is 159 Å². The zero-order chi connectivity index (χ0) is 20.4. The average molecular weight is 421 g/mol. The third-order valence-electron chi connectivity index (χ3n) is 3.73. The Morgan fingerprint density at radius 3 is 1.36 bits per heavy atom. The van der Waals surface area contributed by atoms with Gasteiger partial charge in [0.25, 0.3) is 0 Å². The van der Waals surface area contributed by atoms with Gasteiger partial charge in [0.1, 0.15) is 23.0 Å². The van der Waals surface area contributed by atoms with Crippen LogP contribution in [0, 0.1) is 0 Å². The van der Waals surface area contributed by atoms with Crippen molar-refractivity contribution in [2.45, 2.75) is 78.6 Å². The van der Waals surface area contributed by atoms with Crippen LogP contribution in [0.3, 0.4) is 0 Å². The highest BCUT2D eigenvalue weighted by molar-refractivity contribution is 6.89. The first-order valence-corrected chi connectivity index (χ1v) is 22.8. The lowest BCUT2D eigenvalue weighted by Crippen LogP contribution is -2.64. The van der Waals surface area contributed by atoms with Crippen LogP contribution < -0.4 is 0 Å². The smallest absolute Gasteiger partial charge is 0.311 e. The molecule has 0 bridgehead atoms. The lowest BCUT2D eigenvalue weighted by Gasteiger charge is -2.45. The zero-order valence-corrected chi connectivity index (χ0v) is 22.5. The summed E-state index contributed by atoms with van der Waals surface area (Å²) in [5.74, 6) is -0.181. The molecule has 148 valence electrons. The van der Waals surface area contributed by atoms with Gasteiger partial charge in [-0.3, -0.25) is 9.59 Å². The van der Waals surface area contributed by atoms with E-state index in [1.807, 2.05) is 24.2 Å². The highest BCUT2D eigenvalue weighted by Gasteiger charge is 2.39. The number of nitrogens with zero attached hydrogens (tertiary/aromatic N) is 2. The minimum atomic E-state index is -1.97. The Morgan fingerprint density at radius 1 is 0.680 bits per heavy atom. The number of rotatable bonds is 8. The van der Waals surface area contributed by atoms with E-state index in [2.05, 4.69) is 63.2 Å². The fourth-order valence-corrected chi connectivity index (χ4v) is 14.3. The van der Waals surface area contributed by atoms with Gasteiger partial charge in [-0.05, 0) is 19.6 Å². The first-order chi connectivity index (χ1) is 10.7. The fraction of sp³-hybridized carbons (Fsp3) is 0.875. The number of carbonyl (C=O) groups excluding carboxylic acids is 2. The van der Waals surface area contributed by atoms with Gasteiger partial charge in [0, 0.05) is 0 Å². The molecule has 0 aliphatic heterocycles. The lowest BCUT2D eigenvalue weighted by atomic mass is 10.5. The molecule has 0 aromatic carbocycles. The van der Waals surface area contributed by atoms with Crippen molar-refractivity contribution in [1.29, 1.82) is 0 Å². The molecule has 0 rings (SSSR count).